The Morgan fingerprint density at radius 3 is 2.65 bits per heavy atom. The number of amides is 2. The van der Waals surface area contributed by atoms with E-state index in [-0.39, 0.29) is 14.8 Å². The SMILES string of the molecule is [2H]C1([2H])N(CCC2([2H])C([2H])([2H])C([2H])([2H])C([2H])(NC(N)=O)C([2H])([2H])C2([2H])[2H])C([2H])([2H])C([2H])([2H])N(c2cccc(C)c2Cl)C1([2H])[2H]. The topological polar surface area (TPSA) is 61.6 Å². The molecule has 0 unspecified atom stereocenters. The number of benzene rings is 1. The third-order valence-electron chi connectivity index (χ3n) is 3.52. The molecule has 0 atom stereocenters. The average Bonchev–Trinajstić information content (AvgIpc) is 2.83. The van der Waals surface area contributed by atoms with Crippen LogP contribution in [0.3, 0.4) is 0 Å². The molecule has 1 saturated carbocycles. The zero-order chi connectivity index (χ0) is 34.7. The van der Waals surface area contributed by atoms with Gasteiger partial charge >= 0.3 is 6.03 Å². The number of urea groups is 1. The molecule has 1 aliphatic heterocycles. The van der Waals surface area contributed by atoms with Gasteiger partial charge in [0.2, 0.25) is 0 Å². The standard InChI is InChI=1S/C20H31ClN4O/c1-15-3-2-4-18(19(15)21)25-13-11-24(12-14-25)10-9-16-5-7-17(8-6-16)23-20(22)26/h2-4,16-17H,5-14H2,1H3,(H3,22,23,26)/i5D2,6D2,7D2,8D2,11D2,12D2,13D2,14D2,16D,17D. The smallest absolute Gasteiger partial charge is 0.312 e. The summed E-state index contributed by atoms with van der Waals surface area (Å²) >= 11 is 6.29. The van der Waals surface area contributed by atoms with E-state index in [4.69, 9.17) is 42.0 Å². The second-order valence-electron chi connectivity index (χ2n) is 5.44. The van der Waals surface area contributed by atoms with Gasteiger partial charge in [-0.25, -0.2) is 4.79 Å². The van der Waals surface area contributed by atoms with Gasteiger partial charge < -0.3 is 16.0 Å². The number of hydrogen-bond acceptors (Lipinski definition) is 3. The number of carbonyl (C=O) groups is 1. The number of halogens is 1. The number of rotatable bonds is 5. The van der Waals surface area contributed by atoms with E-state index in [1.54, 1.807) is 0 Å². The molecular formula is C20H31ClN4O. The first kappa shape index (κ1) is 6.85. The maximum atomic E-state index is 11.6. The summed E-state index contributed by atoms with van der Waals surface area (Å²) in [6.07, 6.45) is -17.1. The van der Waals surface area contributed by atoms with Crippen molar-refractivity contribution < 1.29 is 29.5 Å². The fraction of sp³-hybridized carbons (Fsp3) is 0.650. The largest absolute Gasteiger partial charge is 0.368 e. The lowest BCUT2D eigenvalue weighted by Gasteiger charge is -2.37. The molecule has 2 amide bonds. The van der Waals surface area contributed by atoms with Crippen LogP contribution in [0.15, 0.2) is 18.2 Å². The second-order valence-corrected chi connectivity index (χ2v) is 5.81. The third kappa shape index (κ3) is 5.04. The van der Waals surface area contributed by atoms with E-state index in [2.05, 4.69) is 0 Å². The van der Waals surface area contributed by atoms with Crippen molar-refractivity contribution in [3.05, 3.63) is 28.8 Å². The minimum atomic E-state index is -3.91. The van der Waals surface area contributed by atoms with Crippen molar-refractivity contribution in [2.75, 3.05) is 37.4 Å². The number of anilines is 1. The summed E-state index contributed by atoms with van der Waals surface area (Å²) in [5.74, 6) is -3.63. The number of nitrogens with two attached hydrogens (primary N) is 1. The minimum absolute atomic E-state index is 0.0298. The average molecular weight is 397 g/mol. The molecule has 0 bridgehead atoms. The van der Waals surface area contributed by atoms with Gasteiger partial charge in [0.15, 0.2) is 0 Å². The first-order valence-electron chi connectivity index (χ1n) is 16.7. The predicted octanol–water partition coefficient (Wildman–Crippen LogP) is 3.39. The van der Waals surface area contributed by atoms with Gasteiger partial charge in [0.05, 0.1) is 17.6 Å². The van der Waals surface area contributed by atoms with Crippen LogP contribution in [0.4, 0.5) is 10.5 Å². The molecule has 2 aliphatic rings. The lowest BCUT2D eigenvalue weighted by molar-refractivity contribution is 0.207. The van der Waals surface area contributed by atoms with E-state index < -0.39 is 88.1 Å². The second kappa shape index (κ2) is 8.96. The summed E-state index contributed by atoms with van der Waals surface area (Å²) in [6.45, 7) is -13.8. The summed E-state index contributed by atoms with van der Waals surface area (Å²) in [5, 5.41) is 1.21. The van der Waals surface area contributed by atoms with Crippen molar-refractivity contribution in [2.24, 2.45) is 11.6 Å². The summed E-state index contributed by atoms with van der Waals surface area (Å²) < 4.78 is 154. The van der Waals surface area contributed by atoms with Gasteiger partial charge in [0.25, 0.3) is 0 Å². The molecule has 1 aromatic rings. The Labute approximate surface area is 187 Å². The number of piperazine rings is 1. The van der Waals surface area contributed by atoms with Crippen molar-refractivity contribution >= 4 is 23.3 Å². The van der Waals surface area contributed by atoms with Gasteiger partial charge in [-0.1, -0.05) is 23.7 Å². The fourth-order valence-electron chi connectivity index (χ4n) is 2.19. The maximum Gasteiger partial charge on any atom is 0.312 e. The van der Waals surface area contributed by atoms with Gasteiger partial charge in [-0.05, 0) is 62.9 Å². The molecule has 6 heteroatoms. The highest BCUT2D eigenvalue weighted by Crippen LogP contribution is 2.30. The Hall–Kier alpha value is -1.46. The lowest BCUT2D eigenvalue weighted by atomic mass is 9.84. The molecule has 3 N–H and O–H groups in total. The number of primary amides is 1. The molecule has 2 fully saturated rings. The van der Waals surface area contributed by atoms with E-state index in [0.29, 0.717) is 5.56 Å². The van der Waals surface area contributed by atoms with Crippen LogP contribution >= 0.6 is 11.6 Å². The molecule has 1 aliphatic carbocycles. The number of nitrogens with zero attached hydrogens (tertiary/aromatic N) is 2. The Kier molecular flexibility index (Phi) is 2.36. The van der Waals surface area contributed by atoms with Crippen LogP contribution in [-0.4, -0.2) is 49.5 Å². The number of carbonyl (C=O) groups excluding carboxylic acids is 1. The molecule has 0 radical (unpaired) electrons. The first-order valence-corrected chi connectivity index (χ1v) is 8.09. The molecule has 1 aromatic carbocycles. The Morgan fingerprint density at radius 1 is 1.31 bits per heavy atom. The lowest BCUT2D eigenvalue weighted by Crippen LogP contribution is -2.47. The number of hydrogen-bond donors (Lipinski definition) is 2. The molecule has 26 heavy (non-hydrogen) atoms. The van der Waals surface area contributed by atoms with Crippen molar-refractivity contribution in [3.63, 3.8) is 0 Å². The normalized spacial score (nSPS) is 55.8. The summed E-state index contributed by atoms with van der Waals surface area (Å²) in [5.41, 5.74) is 4.89. The first-order chi connectivity index (χ1) is 19.3. The zero-order valence-corrected chi connectivity index (χ0v) is 14.7. The van der Waals surface area contributed by atoms with Crippen molar-refractivity contribution in [1.29, 1.82) is 0 Å². The summed E-state index contributed by atoms with van der Waals surface area (Å²) in [6, 6.07) is -1.44. The van der Waals surface area contributed by atoms with Crippen LogP contribution in [0.5, 0.6) is 0 Å². The van der Waals surface area contributed by atoms with Crippen LogP contribution < -0.4 is 16.0 Å². The van der Waals surface area contributed by atoms with Crippen molar-refractivity contribution in [2.45, 2.75) is 44.9 Å². The zero-order valence-electron chi connectivity index (χ0n) is 31.9. The highest BCUT2D eigenvalue weighted by molar-refractivity contribution is 6.34. The number of aryl methyl sites for hydroxylation is 1. The van der Waals surface area contributed by atoms with Gasteiger partial charge in [-0.15, -0.1) is 0 Å². The van der Waals surface area contributed by atoms with Crippen molar-refractivity contribution in [3.8, 4) is 0 Å². The Morgan fingerprint density at radius 2 is 2.00 bits per heavy atom. The van der Waals surface area contributed by atoms with Crippen LogP contribution in [0.2, 0.25) is 5.02 Å². The van der Waals surface area contributed by atoms with E-state index in [1.807, 2.05) is 0 Å². The van der Waals surface area contributed by atoms with E-state index in [0.717, 1.165) is 6.07 Å². The minimum Gasteiger partial charge on any atom is -0.368 e. The maximum absolute atomic E-state index is 11.6. The third-order valence-corrected chi connectivity index (χ3v) is 4.01. The molecule has 0 spiro atoms. The Bertz CT molecular complexity index is 1280. The van der Waals surface area contributed by atoms with Crippen LogP contribution in [0.1, 0.15) is 62.1 Å². The quantitative estimate of drug-likeness (QED) is 0.801. The Balaban J connectivity index is 2.20. The van der Waals surface area contributed by atoms with Gasteiger partial charge in [0.1, 0.15) is 0 Å². The molecule has 5 nitrogen and oxygen atoms in total. The van der Waals surface area contributed by atoms with Crippen LogP contribution in [0.25, 0.3) is 0 Å². The summed E-state index contributed by atoms with van der Waals surface area (Å²) in [7, 11) is 0. The van der Waals surface area contributed by atoms with Gasteiger partial charge in [-0.2, -0.15) is 0 Å². The van der Waals surface area contributed by atoms with Gasteiger partial charge in [0, 0.05) is 49.8 Å². The summed E-state index contributed by atoms with van der Waals surface area (Å²) in [4.78, 5) is 11.7. The predicted molar refractivity (Wildman–Crippen MR) is 108 cm³/mol. The van der Waals surface area contributed by atoms with Crippen LogP contribution in [-0.2, 0) is 0 Å². The fourth-order valence-corrected chi connectivity index (χ4v) is 2.40. The molecule has 1 saturated heterocycles. The molecule has 3 rings (SSSR count). The van der Waals surface area contributed by atoms with Crippen LogP contribution in [0, 0.1) is 12.8 Å². The number of nitrogens with one attached hydrogen (secondary N) is 1. The van der Waals surface area contributed by atoms with E-state index >= 15 is 0 Å². The highest BCUT2D eigenvalue weighted by Gasteiger charge is 2.24. The molecule has 144 valence electrons. The molecule has 1 heterocycles. The molecular weight excluding hydrogens is 348 g/mol. The monoisotopic (exact) mass is 396 g/mol. The van der Waals surface area contributed by atoms with Gasteiger partial charge in [-0.3, -0.25) is 4.90 Å². The highest BCUT2D eigenvalue weighted by atomic mass is 35.5. The van der Waals surface area contributed by atoms with E-state index in [1.165, 1.54) is 24.4 Å². The molecule has 0 aromatic heterocycles. The van der Waals surface area contributed by atoms with E-state index in [9.17, 15) is 4.79 Å². The van der Waals surface area contributed by atoms with Crippen molar-refractivity contribution in [1.82, 2.24) is 10.2 Å².